The van der Waals surface area contributed by atoms with Gasteiger partial charge in [-0.2, -0.15) is 0 Å². The average molecular weight is 494 g/mol. The minimum absolute atomic E-state index is 0. The molecule has 0 amide bonds. The predicted octanol–water partition coefficient (Wildman–Crippen LogP) is 3.66. The molecule has 2 rings (SSSR count). The SMILES string of the molecule is CN=C(NCCc1cc(F)ccc1F)NCC1CCCN(CC(C)C)C1.I. The van der Waals surface area contributed by atoms with Crippen LogP contribution in [0.2, 0.25) is 0 Å². The number of benzene rings is 1. The molecule has 0 saturated carbocycles. The van der Waals surface area contributed by atoms with Crippen molar-refractivity contribution in [1.29, 1.82) is 0 Å². The first-order chi connectivity index (χ1) is 12.5. The third-order valence-corrected chi connectivity index (χ3v) is 4.70. The van der Waals surface area contributed by atoms with Gasteiger partial charge in [0.1, 0.15) is 11.6 Å². The lowest BCUT2D eigenvalue weighted by atomic mass is 9.97. The maximum absolute atomic E-state index is 13.6. The smallest absolute Gasteiger partial charge is 0.190 e. The van der Waals surface area contributed by atoms with Gasteiger partial charge in [-0.1, -0.05) is 13.8 Å². The highest BCUT2D eigenvalue weighted by Gasteiger charge is 2.20. The number of nitrogens with zero attached hydrogens (tertiary/aromatic N) is 2. The molecule has 2 N–H and O–H groups in total. The molecule has 27 heavy (non-hydrogen) atoms. The predicted molar refractivity (Wildman–Crippen MR) is 119 cm³/mol. The van der Waals surface area contributed by atoms with E-state index >= 15 is 0 Å². The lowest BCUT2D eigenvalue weighted by Crippen LogP contribution is -2.45. The van der Waals surface area contributed by atoms with E-state index in [-0.39, 0.29) is 29.8 Å². The van der Waals surface area contributed by atoms with Crippen molar-refractivity contribution < 1.29 is 8.78 Å². The quantitative estimate of drug-likeness (QED) is 0.346. The number of piperidine rings is 1. The fourth-order valence-corrected chi connectivity index (χ4v) is 3.51. The van der Waals surface area contributed by atoms with Gasteiger partial charge in [0.05, 0.1) is 0 Å². The summed E-state index contributed by atoms with van der Waals surface area (Å²) >= 11 is 0. The number of aliphatic imine (C=N–C) groups is 1. The van der Waals surface area contributed by atoms with Crippen LogP contribution < -0.4 is 10.6 Å². The van der Waals surface area contributed by atoms with Gasteiger partial charge in [-0.05, 0) is 61.4 Å². The van der Waals surface area contributed by atoms with Gasteiger partial charge in [0, 0.05) is 33.2 Å². The first-order valence-corrected chi connectivity index (χ1v) is 9.58. The maximum Gasteiger partial charge on any atom is 0.190 e. The average Bonchev–Trinajstić information content (AvgIpc) is 2.60. The minimum atomic E-state index is -0.410. The summed E-state index contributed by atoms with van der Waals surface area (Å²) in [6.45, 7) is 9.37. The van der Waals surface area contributed by atoms with E-state index in [1.165, 1.54) is 31.5 Å². The van der Waals surface area contributed by atoms with E-state index in [0.29, 0.717) is 36.3 Å². The van der Waals surface area contributed by atoms with Crippen molar-refractivity contribution in [3.8, 4) is 0 Å². The molecule has 1 unspecified atom stereocenters. The highest BCUT2D eigenvalue weighted by molar-refractivity contribution is 14.0. The summed E-state index contributed by atoms with van der Waals surface area (Å²) in [6.07, 6.45) is 2.88. The van der Waals surface area contributed by atoms with Gasteiger partial charge in [-0.25, -0.2) is 8.78 Å². The number of nitrogens with one attached hydrogen (secondary N) is 2. The van der Waals surface area contributed by atoms with E-state index in [0.717, 1.165) is 25.7 Å². The molecule has 1 heterocycles. The van der Waals surface area contributed by atoms with Crippen molar-refractivity contribution in [2.24, 2.45) is 16.8 Å². The van der Waals surface area contributed by atoms with Gasteiger partial charge in [-0.15, -0.1) is 24.0 Å². The van der Waals surface area contributed by atoms with Gasteiger partial charge in [0.2, 0.25) is 0 Å². The molecular formula is C20H33F2IN4. The third kappa shape index (κ3) is 8.72. The molecule has 0 radical (unpaired) electrons. The van der Waals surface area contributed by atoms with Crippen LogP contribution in [-0.4, -0.2) is 50.6 Å². The fourth-order valence-electron chi connectivity index (χ4n) is 3.51. The molecule has 1 aliphatic rings. The topological polar surface area (TPSA) is 39.7 Å². The second kappa shape index (κ2) is 12.5. The van der Waals surface area contributed by atoms with Gasteiger partial charge in [-0.3, -0.25) is 4.99 Å². The van der Waals surface area contributed by atoms with Gasteiger partial charge in [0.25, 0.3) is 0 Å². The maximum atomic E-state index is 13.6. The Morgan fingerprint density at radius 2 is 2.07 bits per heavy atom. The number of likely N-dealkylation sites (tertiary alicyclic amines) is 1. The molecule has 0 aromatic heterocycles. The van der Waals surface area contributed by atoms with Crippen molar-refractivity contribution in [2.45, 2.75) is 33.1 Å². The van der Waals surface area contributed by atoms with Crippen LogP contribution in [0.4, 0.5) is 8.78 Å². The Labute approximate surface area is 179 Å². The molecule has 4 nitrogen and oxygen atoms in total. The van der Waals surface area contributed by atoms with Crippen LogP contribution in [0.1, 0.15) is 32.3 Å². The zero-order valence-corrected chi connectivity index (χ0v) is 18.9. The highest BCUT2D eigenvalue weighted by atomic mass is 127. The van der Waals surface area contributed by atoms with Crippen LogP contribution in [0.25, 0.3) is 0 Å². The second-order valence-electron chi connectivity index (χ2n) is 7.53. The van der Waals surface area contributed by atoms with Crippen molar-refractivity contribution in [3.63, 3.8) is 0 Å². The molecule has 0 aliphatic carbocycles. The normalized spacial score (nSPS) is 18.3. The number of hydrogen-bond donors (Lipinski definition) is 2. The van der Waals surface area contributed by atoms with Crippen LogP contribution in [0.3, 0.4) is 0 Å². The standard InChI is InChI=1S/C20H32F2N4.HI/c1-15(2)13-26-10-4-5-16(14-26)12-25-20(23-3)24-9-8-17-11-18(21)6-7-19(17)22;/h6-7,11,15-16H,4-5,8-10,12-14H2,1-3H3,(H2,23,24,25);1H. The number of halogens is 3. The number of hydrogen-bond acceptors (Lipinski definition) is 2. The van der Waals surface area contributed by atoms with Gasteiger partial charge >= 0.3 is 0 Å². The third-order valence-electron chi connectivity index (χ3n) is 4.70. The summed E-state index contributed by atoms with van der Waals surface area (Å²) in [7, 11) is 1.73. The molecule has 1 aromatic rings. The Balaban J connectivity index is 0.00000364. The van der Waals surface area contributed by atoms with E-state index < -0.39 is 5.82 Å². The molecule has 1 aliphatic heterocycles. The Morgan fingerprint density at radius 3 is 2.78 bits per heavy atom. The van der Waals surface area contributed by atoms with E-state index in [1.54, 1.807) is 7.05 Å². The van der Waals surface area contributed by atoms with Crippen molar-refractivity contribution in [2.75, 3.05) is 39.8 Å². The Morgan fingerprint density at radius 1 is 1.30 bits per heavy atom. The van der Waals surface area contributed by atoms with Crippen LogP contribution in [0.5, 0.6) is 0 Å². The molecule has 1 fully saturated rings. The second-order valence-corrected chi connectivity index (χ2v) is 7.53. The largest absolute Gasteiger partial charge is 0.356 e. The molecule has 1 atom stereocenters. The molecule has 1 saturated heterocycles. The van der Waals surface area contributed by atoms with E-state index in [9.17, 15) is 8.78 Å². The van der Waals surface area contributed by atoms with E-state index in [2.05, 4.69) is 34.4 Å². The summed E-state index contributed by atoms with van der Waals surface area (Å²) in [5, 5.41) is 6.55. The van der Waals surface area contributed by atoms with Crippen LogP contribution >= 0.6 is 24.0 Å². The minimum Gasteiger partial charge on any atom is -0.356 e. The lowest BCUT2D eigenvalue weighted by Gasteiger charge is -2.34. The molecule has 0 spiro atoms. The molecule has 7 heteroatoms. The van der Waals surface area contributed by atoms with E-state index in [1.807, 2.05) is 0 Å². The summed E-state index contributed by atoms with van der Waals surface area (Å²) in [5.74, 6) is 1.24. The summed E-state index contributed by atoms with van der Waals surface area (Å²) in [6, 6.07) is 3.56. The monoisotopic (exact) mass is 494 g/mol. The van der Waals surface area contributed by atoms with Crippen molar-refractivity contribution >= 4 is 29.9 Å². The van der Waals surface area contributed by atoms with Gasteiger partial charge in [0.15, 0.2) is 5.96 Å². The van der Waals surface area contributed by atoms with Gasteiger partial charge < -0.3 is 15.5 Å². The summed E-state index contributed by atoms with van der Waals surface area (Å²) in [4.78, 5) is 6.77. The lowest BCUT2D eigenvalue weighted by molar-refractivity contribution is 0.159. The molecule has 1 aromatic carbocycles. The molecule has 0 bridgehead atoms. The molecule has 154 valence electrons. The van der Waals surface area contributed by atoms with Crippen LogP contribution in [0, 0.1) is 23.5 Å². The highest BCUT2D eigenvalue weighted by Crippen LogP contribution is 2.16. The zero-order chi connectivity index (χ0) is 18.9. The molecular weight excluding hydrogens is 461 g/mol. The summed E-state index contributed by atoms with van der Waals surface area (Å²) < 4.78 is 26.9. The zero-order valence-electron chi connectivity index (χ0n) is 16.6. The Hall–Kier alpha value is -0.960. The van der Waals surface area contributed by atoms with E-state index in [4.69, 9.17) is 0 Å². The summed E-state index contributed by atoms with van der Waals surface area (Å²) in [5.41, 5.74) is 0.379. The van der Waals surface area contributed by atoms with Crippen LogP contribution in [-0.2, 0) is 6.42 Å². The Bertz CT molecular complexity index is 595. The van der Waals surface area contributed by atoms with Crippen LogP contribution in [0.15, 0.2) is 23.2 Å². The first kappa shape index (κ1) is 24.1. The fraction of sp³-hybridized carbons (Fsp3) is 0.650. The Kier molecular flexibility index (Phi) is 11.1. The number of rotatable bonds is 7. The van der Waals surface area contributed by atoms with Crippen molar-refractivity contribution in [1.82, 2.24) is 15.5 Å². The number of guanidine groups is 1. The first-order valence-electron chi connectivity index (χ1n) is 9.58. The van der Waals surface area contributed by atoms with Crippen molar-refractivity contribution in [3.05, 3.63) is 35.4 Å².